The van der Waals surface area contributed by atoms with Gasteiger partial charge in [0.25, 0.3) is 0 Å². The molecule has 0 saturated carbocycles. The van der Waals surface area contributed by atoms with Crippen molar-refractivity contribution >= 4 is 11.7 Å². The monoisotopic (exact) mass is 306 g/mol. The van der Waals surface area contributed by atoms with Crippen LogP contribution < -0.4 is 0 Å². The van der Waals surface area contributed by atoms with Gasteiger partial charge in [-0.2, -0.15) is 5.26 Å². The van der Waals surface area contributed by atoms with Crippen LogP contribution in [-0.4, -0.2) is 10.4 Å². The van der Waals surface area contributed by atoms with Gasteiger partial charge >= 0.3 is 0 Å². The number of ether oxygens (including phenoxy) is 1. The smallest absolute Gasteiger partial charge is 0.218 e. The molecule has 5 heteroatoms. The molecule has 0 bridgehead atoms. The first kappa shape index (κ1) is 13.6. The summed E-state index contributed by atoms with van der Waals surface area (Å²) in [5.41, 5.74) is 0.962. The summed E-state index contributed by atoms with van der Waals surface area (Å²) in [4.78, 5) is 12.5. The fourth-order valence-corrected chi connectivity index (χ4v) is 3.22. The number of carbonyl (C=O) groups is 1. The van der Waals surface area contributed by atoms with E-state index in [9.17, 15) is 10.1 Å². The van der Waals surface area contributed by atoms with Gasteiger partial charge in [0, 0.05) is 30.8 Å². The second-order valence-corrected chi connectivity index (χ2v) is 5.59. The molecule has 0 fully saturated rings. The highest BCUT2D eigenvalue weighted by Crippen LogP contribution is 2.45. The Bertz CT molecular complexity index is 849. The standard InChI is InChI=1S/C18H14N2O3/c19-11-12-16(14-7-4-10-22-14)17-13(21)5-3-6-15(17)23-18(12)20-8-1-2-9-20/h1-2,4,7-10,16H,3,5-6H2/t16-/m0/s1. The van der Waals surface area contributed by atoms with Gasteiger partial charge in [0.15, 0.2) is 5.78 Å². The Kier molecular flexibility index (Phi) is 3.16. The van der Waals surface area contributed by atoms with Crippen molar-refractivity contribution in [3.63, 3.8) is 0 Å². The molecule has 0 aromatic carbocycles. The van der Waals surface area contributed by atoms with Gasteiger partial charge in [-0.1, -0.05) is 0 Å². The number of Topliss-reactive ketones (excluding diaryl/α,β-unsaturated/α-hetero) is 1. The average Bonchev–Trinajstić information content (AvgIpc) is 3.27. The van der Waals surface area contributed by atoms with E-state index in [-0.39, 0.29) is 5.78 Å². The van der Waals surface area contributed by atoms with Crippen LogP contribution in [0.15, 0.2) is 64.2 Å². The number of nitrogens with zero attached hydrogens (tertiary/aromatic N) is 2. The number of aromatic nitrogens is 1. The molecule has 0 unspecified atom stereocenters. The van der Waals surface area contributed by atoms with Gasteiger partial charge < -0.3 is 9.15 Å². The summed E-state index contributed by atoms with van der Waals surface area (Å²) < 4.78 is 13.3. The molecular weight excluding hydrogens is 292 g/mol. The predicted octanol–water partition coefficient (Wildman–Crippen LogP) is 3.59. The predicted molar refractivity (Wildman–Crippen MR) is 81.7 cm³/mol. The number of hydrogen-bond donors (Lipinski definition) is 0. The first-order chi connectivity index (χ1) is 11.3. The van der Waals surface area contributed by atoms with Crippen molar-refractivity contribution < 1.29 is 13.9 Å². The third-order valence-corrected chi connectivity index (χ3v) is 4.22. The molecule has 0 saturated heterocycles. The Morgan fingerprint density at radius 2 is 2.04 bits per heavy atom. The molecule has 1 aliphatic carbocycles. The minimum absolute atomic E-state index is 0.0342. The van der Waals surface area contributed by atoms with Crippen LogP contribution in [0.1, 0.15) is 30.9 Å². The van der Waals surface area contributed by atoms with Crippen LogP contribution in [-0.2, 0) is 9.53 Å². The third-order valence-electron chi connectivity index (χ3n) is 4.22. The van der Waals surface area contributed by atoms with Crippen LogP contribution in [0, 0.1) is 11.3 Å². The largest absolute Gasteiger partial charge is 0.468 e. The third kappa shape index (κ3) is 2.11. The summed E-state index contributed by atoms with van der Waals surface area (Å²) in [5, 5.41) is 9.73. The van der Waals surface area contributed by atoms with Crippen LogP contribution in [0.25, 0.3) is 5.88 Å². The topological polar surface area (TPSA) is 68.2 Å². The zero-order chi connectivity index (χ0) is 15.8. The maximum absolute atomic E-state index is 12.5. The van der Waals surface area contributed by atoms with Crippen molar-refractivity contribution in [2.75, 3.05) is 0 Å². The molecule has 23 heavy (non-hydrogen) atoms. The maximum atomic E-state index is 12.5. The van der Waals surface area contributed by atoms with E-state index in [1.54, 1.807) is 23.0 Å². The second kappa shape index (κ2) is 5.33. The summed E-state index contributed by atoms with van der Waals surface area (Å²) in [6, 6.07) is 9.52. The highest BCUT2D eigenvalue weighted by atomic mass is 16.5. The number of rotatable bonds is 2. The molecule has 114 valence electrons. The summed E-state index contributed by atoms with van der Waals surface area (Å²) in [7, 11) is 0. The van der Waals surface area contributed by atoms with Crippen molar-refractivity contribution in [1.29, 1.82) is 5.26 Å². The van der Waals surface area contributed by atoms with Gasteiger partial charge in [-0.15, -0.1) is 0 Å². The van der Waals surface area contributed by atoms with E-state index in [1.807, 2.05) is 24.5 Å². The summed E-state index contributed by atoms with van der Waals surface area (Å²) >= 11 is 0. The van der Waals surface area contributed by atoms with E-state index >= 15 is 0 Å². The van der Waals surface area contributed by atoms with Crippen LogP contribution in [0.4, 0.5) is 0 Å². The van der Waals surface area contributed by atoms with Crippen LogP contribution in [0.2, 0.25) is 0 Å². The number of allylic oxidation sites excluding steroid dienone is 3. The van der Waals surface area contributed by atoms with Gasteiger partial charge in [0.05, 0.1) is 12.2 Å². The lowest BCUT2D eigenvalue weighted by molar-refractivity contribution is -0.116. The number of carbonyl (C=O) groups excluding carboxylic acids is 1. The van der Waals surface area contributed by atoms with Gasteiger partial charge in [-0.3, -0.25) is 9.36 Å². The molecule has 0 N–H and O–H groups in total. The van der Waals surface area contributed by atoms with E-state index < -0.39 is 5.92 Å². The lowest BCUT2D eigenvalue weighted by Crippen LogP contribution is -2.25. The molecule has 5 nitrogen and oxygen atoms in total. The fourth-order valence-electron chi connectivity index (χ4n) is 3.22. The average molecular weight is 306 g/mol. The van der Waals surface area contributed by atoms with Crippen LogP contribution >= 0.6 is 0 Å². The van der Waals surface area contributed by atoms with Crippen molar-refractivity contribution in [1.82, 2.24) is 4.57 Å². The second-order valence-electron chi connectivity index (χ2n) is 5.59. The van der Waals surface area contributed by atoms with Crippen molar-refractivity contribution in [3.8, 4) is 6.07 Å². The minimum Gasteiger partial charge on any atom is -0.468 e. The Balaban J connectivity index is 1.94. The quantitative estimate of drug-likeness (QED) is 0.850. The summed E-state index contributed by atoms with van der Waals surface area (Å²) in [5.74, 6) is 1.24. The number of hydrogen-bond acceptors (Lipinski definition) is 4. The van der Waals surface area contributed by atoms with Gasteiger partial charge in [-0.05, 0) is 30.7 Å². The van der Waals surface area contributed by atoms with Crippen molar-refractivity contribution in [2.24, 2.45) is 0 Å². The molecule has 2 aromatic heterocycles. The van der Waals surface area contributed by atoms with Gasteiger partial charge in [0.2, 0.25) is 5.88 Å². The lowest BCUT2D eigenvalue weighted by Gasteiger charge is -2.31. The molecule has 0 spiro atoms. The van der Waals surface area contributed by atoms with E-state index in [1.165, 1.54) is 0 Å². The molecule has 4 rings (SSSR count). The number of furan rings is 1. The molecule has 2 aliphatic rings. The first-order valence-electron chi connectivity index (χ1n) is 7.54. The molecule has 1 atom stereocenters. The van der Waals surface area contributed by atoms with Gasteiger partial charge in [-0.25, -0.2) is 0 Å². The molecular formula is C18H14N2O3. The Morgan fingerprint density at radius 1 is 1.22 bits per heavy atom. The Morgan fingerprint density at radius 3 is 2.74 bits per heavy atom. The van der Waals surface area contributed by atoms with E-state index in [2.05, 4.69) is 6.07 Å². The zero-order valence-corrected chi connectivity index (χ0v) is 12.4. The van der Waals surface area contributed by atoms with Crippen molar-refractivity contribution in [2.45, 2.75) is 25.2 Å². The maximum Gasteiger partial charge on any atom is 0.218 e. The molecule has 0 radical (unpaired) electrons. The zero-order valence-electron chi connectivity index (χ0n) is 12.4. The highest BCUT2D eigenvalue weighted by Gasteiger charge is 2.40. The Hall–Kier alpha value is -3.00. The molecule has 0 amide bonds. The lowest BCUT2D eigenvalue weighted by atomic mass is 9.80. The normalized spacial score (nSPS) is 21.0. The van der Waals surface area contributed by atoms with E-state index in [4.69, 9.17) is 9.15 Å². The highest BCUT2D eigenvalue weighted by molar-refractivity contribution is 5.99. The number of nitriles is 1. The molecule has 1 aliphatic heterocycles. The summed E-state index contributed by atoms with van der Waals surface area (Å²) in [6.45, 7) is 0. The van der Waals surface area contributed by atoms with Gasteiger partial charge in [0.1, 0.15) is 23.2 Å². The van der Waals surface area contributed by atoms with Crippen LogP contribution in [0.3, 0.4) is 0 Å². The first-order valence-corrected chi connectivity index (χ1v) is 7.54. The van der Waals surface area contributed by atoms with Crippen LogP contribution in [0.5, 0.6) is 0 Å². The molecule has 3 heterocycles. The van der Waals surface area contributed by atoms with E-state index in [0.29, 0.717) is 41.4 Å². The minimum atomic E-state index is -0.496. The van der Waals surface area contributed by atoms with E-state index in [0.717, 1.165) is 6.42 Å². The van der Waals surface area contributed by atoms with Crippen molar-refractivity contribution in [3.05, 3.63) is 65.6 Å². The fraction of sp³-hybridized carbons (Fsp3) is 0.222. The molecule has 2 aromatic rings. The SMILES string of the molecule is N#CC1=C(n2cccc2)OC2=C(C(=O)CCC2)[C@@H]1c1ccco1. The Labute approximate surface area is 133 Å². The summed E-state index contributed by atoms with van der Waals surface area (Å²) in [6.07, 6.45) is 7.15. The number of ketones is 1.